The summed E-state index contributed by atoms with van der Waals surface area (Å²) in [5, 5.41) is 14.6. The number of ether oxygens (including phenoxy) is 1. The van der Waals surface area contributed by atoms with Crippen molar-refractivity contribution < 1.29 is 33.3 Å². The number of nitrogens with two attached hydrogens (primary N) is 1. The van der Waals surface area contributed by atoms with Gasteiger partial charge < -0.3 is 25.7 Å². The zero-order valence-corrected chi connectivity index (χ0v) is 19.5. The van der Waals surface area contributed by atoms with E-state index in [2.05, 4.69) is 28.8 Å². The van der Waals surface area contributed by atoms with Gasteiger partial charge in [-0.2, -0.15) is 0 Å². The van der Waals surface area contributed by atoms with E-state index in [1.54, 1.807) is 18.5 Å². The van der Waals surface area contributed by atoms with Gasteiger partial charge in [-0.15, -0.1) is 0 Å². The quantitative estimate of drug-likeness (QED) is 0.363. The van der Waals surface area contributed by atoms with E-state index < -0.39 is 12.0 Å². The summed E-state index contributed by atoms with van der Waals surface area (Å²) in [5.74, 6) is 0.445. The van der Waals surface area contributed by atoms with Crippen LogP contribution in [0.15, 0.2) is 30.6 Å². The fraction of sp³-hybridized carbons (Fsp3) is 0.391. The monoisotopic (exact) mass is 480 g/mol. The highest BCUT2D eigenvalue weighted by molar-refractivity contribution is 5.92. The molecule has 11 heteroatoms. The van der Waals surface area contributed by atoms with Crippen LogP contribution in [0.2, 0.25) is 0 Å². The average Bonchev–Trinajstić information content (AvgIpc) is 3.15. The molecule has 186 valence electrons. The maximum absolute atomic E-state index is 13.7. The fourth-order valence-electron chi connectivity index (χ4n) is 3.44. The Morgan fingerprint density at radius 1 is 1.24 bits per heavy atom. The minimum Gasteiger partial charge on any atom is -0.490 e. The van der Waals surface area contributed by atoms with E-state index in [-0.39, 0.29) is 31.0 Å². The Balaban J connectivity index is 0.000000872. The molecule has 0 aliphatic heterocycles. The SMILES string of the molecule is Cc1cnc2[nH]cc(-c3ccc(OC[C@@](C)(N)CC(C)C)c(C(F)F)n3)c2c1.O=CO.O=CO. The Kier molecular flexibility index (Phi) is 11.0. The van der Waals surface area contributed by atoms with Gasteiger partial charge in [0, 0.05) is 28.9 Å². The Bertz CT molecular complexity index is 1060. The zero-order chi connectivity index (χ0) is 25.9. The molecule has 3 heterocycles. The molecule has 1 atom stereocenters. The number of aryl methyl sites for hydroxylation is 1. The third kappa shape index (κ3) is 8.39. The van der Waals surface area contributed by atoms with E-state index in [0.29, 0.717) is 17.3 Å². The minimum atomic E-state index is -2.76. The molecule has 0 radical (unpaired) electrons. The van der Waals surface area contributed by atoms with Gasteiger partial charge in [0.15, 0.2) is 0 Å². The van der Waals surface area contributed by atoms with E-state index in [4.69, 9.17) is 30.3 Å². The molecule has 3 aromatic rings. The highest BCUT2D eigenvalue weighted by Gasteiger charge is 2.24. The molecule has 0 fully saturated rings. The van der Waals surface area contributed by atoms with E-state index in [0.717, 1.165) is 22.9 Å². The second-order valence-electron chi connectivity index (χ2n) is 8.24. The molecule has 0 aliphatic rings. The predicted molar refractivity (Wildman–Crippen MR) is 124 cm³/mol. The number of carbonyl (C=O) groups is 2. The third-order valence-corrected chi connectivity index (χ3v) is 4.47. The smallest absolute Gasteiger partial charge is 0.290 e. The van der Waals surface area contributed by atoms with Gasteiger partial charge in [-0.1, -0.05) is 13.8 Å². The normalized spacial score (nSPS) is 12.3. The van der Waals surface area contributed by atoms with Crippen LogP contribution in [-0.2, 0) is 9.59 Å². The summed E-state index contributed by atoms with van der Waals surface area (Å²) in [7, 11) is 0. The number of halogens is 2. The van der Waals surface area contributed by atoms with Gasteiger partial charge in [-0.25, -0.2) is 18.7 Å². The van der Waals surface area contributed by atoms with Crippen molar-refractivity contribution in [1.29, 1.82) is 0 Å². The topological polar surface area (TPSA) is 151 Å². The van der Waals surface area contributed by atoms with Gasteiger partial charge in [0.2, 0.25) is 0 Å². The largest absolute Gasteiger partial charge is 0.490 e. The number of rotatable bonds is 7. The van der Waals surface area contributed by atoms with Crippen molar-refractivity contribution in [2.24, 2.45) is 11.7 Å². The van der Waals surface area contributed by atoms with Gasteiger partial charge >= 0.3 is 0 Å². The molecule has 0 saturated heterocycles. The lowest BCUT2D eigenvalue weighted by molar-refractivity contribution is -0.123. The van der Waals surface area contributed by atoms with Crippen molar-refractivity contribution in [2.75, 3.05) is 6.61 Å². The highest BCUT2D eigenvalue weighted by Crippen LogP contribution is 2.33. The minimum absolute atomic E-state index is 0.0633. The molecular formula is C23H30F2N4O5. The van der Waals surface area contributed by atoms with Gasteiger partial charge in [0.05, 0.1) is 5.69 Å². The van der Waals surface area contributed by atoms with Crippen molar-refractivity contribution in [1.82, 2.24) is 15.0 Å². The number of aromatic nitrogens is 3. The lowest BCUT2D eigenvalue weighted by atomic mass is 9.93. The number of aromatic amines is 1. The molecule has 0 amide bonds. The molecule has 0 spiro atoms. The van der Waals surface area contributed by atoms with Crippen molar-refractivity contribution in [3.05, 3.63) is 41.9 Å². The first-order valence-corrected chi connectivity index (χ1v) is 10.3. The number of nitrogens with zero attached hydrogens (tertiary/aromatic N) is 2. The number of pyridine rings is 2. The lowest BCUT2D eigenvalue weighted by Gasteiger charge is -2.27. The van der Waals surface area contributed by atoms with E-state index in [1.807, 2.05) is 19.9 Å². The van der Waals surface area contributed by atoms with Crippen LogP contribution < -0.4 is 10.5 Å². The molecule has 5 N–H and O–H groups in total. The molecule has 9 nitrogen and oxygen atoms in total. The Morgan fingerprint density at radius 2 is 1.85 bits per heavy atom. The first-order valence-electron chi connectivity index (χ1n) is 10.3. The maximum Gasteiger partial charge on any atom is 0.290 e. The number of H-pyrrole nitrogens is 1. The van der Waals surface area contributed by atoms with Crippen LogP contribution in [0.5, 0.6) is 5.75 Å². The van der Waals surface area contributed by atoms with E-state index >= 15 is 0 Å². The highest BCUT2D eigenvalue weighted by atomic mass is 19.3. The second kappa shape index (κ2) is 13.2. The van der Waals surface area contributed by atoms with Crippen LogP contribution >= 0.6 is 0 Å². The summed E-state index contributed by atoms with van der Waals surface area (Å²) in [6.45, 7) is 7.55. The number of hydrogen-bond donors (Lipinski definition) is 4. The van der Waals surface area contributed by atoms with Crippen molar-refractivity contribution >= 4 is 24.0 Å². The molecule has 3 aromatic heterocycles. The van der Waals surface area contributed by atoms with E-state index in [9.17, 15) is 8.78 Å². The summed E-state index contributed by atoms with van der Waals surface area (Å²) >= 11 is 0. The van der Waals surface area contributed by atoms with Gasteiger partial charge in [0.1, 0.15) is 23.7 Å². The molecule has 3 rings (SSSR count). The van der Waals surface area contributed by atoms with Crippen LogP contribution in [0.25, 0.3) is 22.3 Å². The molecule has 0 aliphatic carbocycles. The summed E-state index contributed by atoms with van der Waals surface area (Å²) in [6, 6.07) is 5.17. The number of hydrogen-bond acceptors (Lipinski definition) is 6. The van der Waals surface area contributed by atoms with Crippen LogP contribution in [0, 0.1) is 12.8 Å². The summed E-state index contributed by atoms with van der Waals surface area (Å²) in [4.78, 5) is 28.3. The molecule has 0 saturated carbocycles. The van der Waals surface area contributed by atoms with Crippen molar-refractivity contribution in [2.45, 2.75) is 46.1 Å². The summed E-state index contributed by atoms with van der Waals surface area (Å²) < 4.78 is 33.0. The first kappa shape index (κ1) is 28.4. The van der Waals surface area contributed by atoms with Crippen molar-refractivity contribution in [3.8, 4) is 17.0 Å². The Labute approximate surface area is 196 Å². The standard InChI is InChI=1S/C21H26F2N4O.2CH2O2/c1-12(2)8-21(4,24)11-28-17-6-5-16(27-18(17)19(22)23)15-10-26-20-14(15)7-13(3)9-25-20;2*2-1-3/h5-7,9-10,12,19H,8,11,24H2,1-4H3,(H,25,26);2*1H,(H,2,3)/t21-;;/m0../s1. The predicted octanol–water partition coefficient (Wildman–Crippen LogP) is 4.41. The van der Waals surface area contributed by atoms with Gasteiger partial charge in [0.25, 0.3) is 19.4 Å². The van der Waals surface area contributed by atoms with Gasteiger partial charge in [-0.3, -0.25) is 9.59 Å². The van der Waals surface area contributed by atoms with Crippen molar-refractivity contribution in [3.63, 3.8) is 0 Å². The average molecular weight is 481 g/mol. The lowest BCUT2D eigenvalue weighted by Crippen LogP contribution is -2.43. The number of nitrogens with one attached hydrogen (secondary N) is 1. The Hall–Kier alpha value is -3.60. The first-order chi connectivity index (χ1) is 16.0. The second-order valence-corrected chi connectivity index (χ2v) is 8.24. The number of fused-ring (bicyclic) bond motifs is 1. The zero-order valence-electron chi connectivity index (χ0n) is 19.5. The van der Waals surface area contributed by atoms with Crippen LogP contribution in [0.4, 0.5) is 8.78 Å². The fourth-order valence-corrected chi connectivity index (χ4v) is 3.44. The molecule has 34 heavy (non-hydrogen) atoms. The molecule has 0 aromatic carbocycles. The molecular weight excluding hydrogens is 450 g/mol. The molecule has 0 bridgehead atoms. The van der Waals surface area contributed by atoms with Crippen LogP contribution in [0.1, 0.15) is 44.9 Å². The third-order valence-electron chi connectivity index (χ3n) is 4.47. The number of carboxylic acid groups (broad SMARTS) is 2. The number of alkyl halides is 2. The summed E-state index contributed by atoms with van der Waals surface area (Å²) in [5.41, 5.74) is 8.08. The summed E-state index contributed by atoms with van der Waals surface area (Å²) in [6.07, 6.45) is 1.45. The van der Waals surface area contributed by atoms with E-state index in [1.165, 1.54) is 6.07 Å². The Morgan fingerprint density at radius 3 is 2.41 bits per heavy atom. The van der Waals surface area contributed by atoms with Crippen LogP contribution in [0.3, 0.4) is 0 Å². The van der Waals surface area contributed by atoms with Gasteiger partial charge in [-0.05, 0) is 49.9 Å². The molecule has 0 unspecified atom stereocenters. The van der Waals surface area contributed by atoms with Crippen LogP contribution in [-0.4, -0.2) is 50.3 Å². The maximum atomic E-state index is 13.7.